The monoisotopic (exact) mass is 409 g/mol. The van der Waals surface area contributed by atoms with Crippen molar-refractivity contribution in [3.63, 3.8) is 0 Å². The summed E-state index contributed by atoms with van der Waals surface area (Å²) in [6.07, 6.45) is 0.678. The molecule has 0 saturated heterocycles. The van der Waals surface area contributed by atoms with Crippen molar-refractivity contribution in [3.05, 3.63) is 53.6 Å². The number of nitrogens with one attached hydrogen (secondary N) is 1. The van der Waals surface area contributed by atoms with Crippen LogP contribution in [0.4, 0.5) is 0 Å². The predicted molar refractivity (Wildman–Crippen MR) is 113 cm³/mol. The van der Waals surface area contributed by atoms with Gasteiger partial charge in [-0.25, -0.2) is 0 Å². The van der Waals surface area contributed by atoms with Gasteiger partial charge in [0.25, 0.3) is 0 Å². The van der Waals surface area contributed by atoms with E-state index in [2.05, 4.69) is 20.7 Å². The minimum absolute atomic E-state index is 0.0202. The van der Waals surface area contributed by atoms with Gasteiger partial charge in [-0.3, -0.25) is 4.79 Å². The number of rotatable bonds is 10. The second-order valence-corrected chi connectivity index (χ2v) is 6.71. The fraction of sp³-hybridized carbons (Fsp3) is 0.364. The Hall–Kier alpha value is -3.42. The number of benzene rings is 2. The van der Waals surface area contributed by atoms with E-state index in [-0.39, 0.29) is 12.5 Å². The van der Waals surface area contributed by atoms with Gasteiger partial charge in [0.05, 0.1) is 13.2 Å². The van der Waals surface area contributed by atoms with Crippen molar-refractivity contribution in [3.8, 4) is 22.9 Å². The van der Waals surface area contributed by atoms with Gasteiger partial charge >= 0.3 is 0 Å². The van der Waals surface area contributed by atoms with Gasteiger partial charge in [-0.05, 0) is 55.7 Å². The van der Waals surface area contributed by atoms with E-state index >= 15 is 0 Å². The third-order valence-corrected chi connectivity index (χ3v) is 4.47. The van der Waals surface area contributed by atoms with Crippen LogP contribution in [0.5, 0.6) is 11.5 Å². The van der Waals surface area contributed by atoms with Crippen LogP contribution in [-0.2, 0) is 17.8 Å². The lowest BCUT2D eigenvalue weighted by Gasteiger charge is -2.12. The van der Waals surface area contributed by atoms with Crippen molar-refractivity contribution in [2.75, 3.05) is 19.8 Å². The van der Waals surface area contributed by atoms with Crippen molar-refractivity contribution >= 4 is 5.91 Å². The predicted octanol–water partition coefficient (Wildman–Crippen LogP) is 2.80. The van der Waals surface area contributed by atoms with Crippen molar-refractivity contribution < 1.29 is 14.3 Å². The zero-order valence-corrected chi connectivity index (χ0v) is 17.6. The normalized spacial score (nSPS) is 10.6. The molecular formula is C22H27N5O3. The number of tetrazole rings is 1. The van der Waals surface area contributed by atoms with Crippen LogP contribution in [0, 0.1) is 6.92 Å². The minimum atomic E-state index is -0.167. The first-order chi connectivity index (χ1) is 14.6. The molecule has 0 bridgehead atoms. The SMILES string of the molecule is CCOc1ccc(CCNC(=O)Cn2nnc(-c3ccccc3C)n2)cc1OCC. The van der Waals surface area contributed by atoms with Crippen molar-refractivity contribution in [2.24, 2.45) is 0 Å². The third-order valence-electron chi connectivity index (χ3n) is 4.47. The number of aromatic nitrogens is 4. The summed E-state index contributed by atoms with van der Waals surface area (Å²) in [6.45, 7) is 7.52. The number of hydrogen-bond donors (Lipinski definition) is 1. The molecule has 8 nitrogen and oxygen atoms in total. The van der Waals surface area contributed by atoms with Gasteiger partial charge in [0.1, 0.15) is 6.54 Å². The average Bonchev–Trinajstić information content (AvgIpc) is 3.18. The number of nitrogens with zero attached hydrogens (tertiary/aromatic N) is 4. The maximum atomic E-state index is 12.2. The molecule has 0 unspecified atom stereocenters. The molecular weight excluding hydrogens is 382 g/mol. The summed E-state index contributed by atoms with van der Waals surface area (Å²) in [5.74, 6) is 1.80. The summed E-state index contributed by atoms with van der Waals surface area (Å²) in [6, 6.07) is 13.6. The van der Waals surface area contributed by atoms with Crippen LogP contribution in [-0.4, -0.2) is 45.9 Å². The molecule has 1 N–H and O–H groups in total. The van der Waals surface area contributed by atoms with Crippen LogP contribution in [0.3, 0.4) is 0 Å². The molecule has 1 aromatic heterocycles. The Morgan fingerprint density at radius 1 is 1.07 bits per heavy atom. The molecule has 2 aromatic carbocycles. The molecule has 1 amide bonds. The summed E-state index contributed by atoms with van der Waals surface area (Å²) < 4.78 is 11.2. The minimum Gasteiger partial charge on any atom is -0.490 e. The first kappa shape index (κ1) is 21.3. The van der Waals surface area contributed by atoms with E-state index in [1.807, 2.05) is 63.2 Å². The van der Waals surface area contributed by atoms with Crippen LogP contribution >= 0.6 is 0 Å². The highest BCUT2D eigenvalue weighted by atomic mass is 16.5. The number of amides is 1. The molecule has 1 heterocycles. The molecule has 0 aliphatic carbocycles. The maximum Gasteiger partial charge on any atom is 0.243 e. The first-order valence-electron chi connectivity index (χ1n) is 10.1. The maximum absolute atomic E-state index is 12.2. The lowest BCUT2D eigenvalue weighted by Crippen LogP contribution is -2.30. The highest BCUT2D eigenvalue weighted by Gasteiger charge is 2.11. The Morgan fingerprint density at radius 2 is 1.83 bits per heavy atom. The summed E-state index contributed by atoms with van der Waals surface area (Å²) in [4.78, 5) is 13.5. The van der Waals surface area contributed by atoms with E-state index in [1.54, 1.807) is 0 Å². The smallest absolute Gasteiger partial charge is 0.243 e. The largest absolute Gasteiger partial charge is 0.490 e. The summed E-state index contributed by atoms with van der Waals surface area (Å²) in [5, 5.41) is 15.2. The lowest BCUT2D eigenvalue weighted by molar-refractivity contribution is -0.122. The Bertz CT molecular complexity index is 986. The Balaban J connectivity index is 1.52. The van der Waals surface area contributed by atoms with E-state index in [9.17, 15) is 4.79 Å². The van der Waals surface area contributed by atoms with E-state index in [0.717, 1.165) is 28.2 Å². The van der Waals surface area contributed by atoms with Gasteiger partial charge in [0.15, 0.2) is 11.5 Å². The van der Waals surface area contributed by atoms with Crippen LogP contribution < -0.4 is 14.8 Å². The zero-order chi connectivity index (χ0) is 21.3. The van der Waals surface area contributed by atoms with Gasteiger partial charge in [0.2, 0.25) is 11.7 Å². The second-order valence-electron chi connectivity index (χ2n) is 6.71. The van der Waals surface area contributed by atoms with Crippen LogP contribution in [0.25, 0.3) is 11.4 Å². The number of aryl methyl sites for hydroxylation is 1. The zero-order valence-electron chi connectivity index (χ0n) is 17.6. The molecule has 158 valence electrons. The molecule has 3 aromatic rings. The van der Waals surface area contributed by atoms with Crippen LogP contribution in [0.2, 0.25) is 0 Å². The van der Waals surface area contributed by atoms with E-state index in [4.69, 9.17) is 9.47 Å². The first-order valence-corrected chi connectivity index (χ1v) is 10.1. The molecule has 30 heavy (non-hydrogen) atoms. The molecule has 0 fully saturated rings. The summed E-state index contributed by atoms with van der Waals surface area (Å²) in [7, 11) is 0. The fourth-order valence-electron chi connectivity index (χ4n) is 3.02. The fourth-order valence-corrected chi connectivity index (χ4v) is 3.02. The molecule has 0 radical (unpaired) electrons. The van der Waals surface area contributed by atoms with Gasteiger partial charge in [0, 0.05) is 12.1 Å². The van der Waals surface area contributed by atoms with Gasteiger partial charge in [-0.15, -0.1) is 10.2 Å². The summed E-state index contributed by atoms with van der Waals surface area (Å²) >= 11 is 0. The molecule has 0 atom stereocenters. The topological polar surface area (TPSA) is 91.2 Å². The Morgan fingerprint density at radius 3 is 2.60 bits per heavy atom. The Kier molecular flexibility index (Phi) is 7.37. The molecule has 8 heteroatoms. The van der Waals surface area contributed by atoms with Crippen molar-refractivity contribution in [1.82, 2.24) is 25.5 Å². The Labute approximate surface area is 176 Å². The quantitative estimate of drug-likeness (QED) is 0.554. The molecule has 0 aliphatic heterocycles. The highest BCUT2D eigenvalue weighted by molar-refractivity contribution is 5.75. The van der Waals surface area contributed by atoms with Crippen molar-refractivity contribution in [2.45, 2.75) is 33.7 Å². The van der Waals surface area contributed by atoms with E-state index in [1.165, 1.54) is 4.80 Å². The molecule has 0 spiro atoms. The van der Waals surface area contributed by atoms with E-state index < -0.39 is 0 Å². The van der Waals surface area contributed by atoms with Gasteiger partial charge < -0.3 is 14.8 Å². The van der Waals surface area contributed by atoms with E-state index in [0.29, 0.717) is 32.0 Å². The lowest BCUT2D eigenvalue weighted by atomic mass is 10.1. The van der Waals surface area contributed by atoms with Gasteiger partial charge in [-0.2, -0.15) is 4.80 Å². The van der Waals surface area contributed by atoms with Gasteiger partial charge in [-0.1, -0.05) is 30.3 Å². The molecule has 0 saturated carbocycles. The van der Waals surface area contributed by atoms with Crippen molar-refractivity contribution in [1.29, 1.82) is 0 Å². The summed E-state index contributed by atoms with van der Waals surface area (Å²) in [5.41, 5.74) is 3.02. The standard InChI is InChI=1S/C22H27N5O3/c1-4-29-19-11-10-17(14-20(19)30-5-2)12-13-23-21(28)15-27-25-22(24-26-27)18-9-7-6-8-16(18)3/h6-11,14H,4-5,12-13,15H2,1-3H3,(H,23,28). The van der Waals surface area contributed by atoms with Crippen LogP contribution in [0.1, 0.15) is 25.0 Å². The second kappa shape index (κ2) is 10.4. The molecule has 0 aliphatic rings. The number of carbonyl (C=O) groups is 1. The molecule has 3 rings (SSSR count). The third kappa shape index (κ3) is 5.56. The highest BCUT2D eigenvalue weighted by Crippen LogP contribution is 2.28. The number of hydrogen-bond acceptors (Lipinski definition) is 6. The average molecular weight is 409 g/mol. The number of ether oxygens (including phenoxy) is 2. The van der Waals surface area contributed by atoms with Crippen LogP contribution in [0.15, 0.2) is 42.5 Å². The number of carbonyl (C=O) groups excluding carboxylic acids is 1.